The van der Waals surface area contributed by atoms with Gasteiger partial charge in [-0.05, 0) is 0 Å². The Hall–Kier alpha value is 0.843. The van der Waals surface area contributed by atoms with Gasteiger partial charge in [-0.15, -0.1) is 17.0 Å². The SMILES string of the molecule is Br.CCC=[CH][Zn]. The zero-order valence-electron chi connectivity index (χ0n) is 3.98. The Bertz CT molecular complexity index is 34.5. The van der Waals surface area contributed by atoms with Crippen molar-refractivity contribution in [2.45, 2.75) is 13.3 Å². The molecule has 0 bridgehead atoms. The first-order chi connectivity index (χ1) is 2.41. The van der Waals surface area contributed by atoms with E-state index >= 15 is 0 Å². The fourth-order valence-electron chi connectivity index (χ4n) is 0.167. The van der Waals surface area contributed by atoms with E-state index in [9.17, 15) is 0 Å². The van der Waals surface area contributed by atoms with Gasteiger partial charge in [-0.25, -0.2) is 0 Å². The third-order valence-corrected chi connectivity index (χ3v) is 1.10. The van der Waals surface area contributed by atoms with Crippen molar-refractivity contribution in [1.29, 1.82) is 0 Å². The van der Waals surface area contributed by atoms with Crippen molar-refractivity contribution in [2.24, 2.45) is 0 Å². The number of allylic oxidation sites excluding steroid dienone is 1. The molecule has 0 N–H and O–H groups in total. The van der Waals surface area contributed by atoms with E-state index in [1.807, 2.05) is 0 Å². The third kappa shape index (κ3) is 8.85. The first kappa shape index (κ1) is 9.96. The zero-order chi connectivity index (χ0) is 4.12. The van der Waals surface area contributed by atoms with Gasteiger partial charge in [0.2, 0.25) is 0 Å². The summed E-state index contributed by atoms with van der Waals surface area (Å²) < 4.78 is 2.18. The second-order valence-corrected chi connectivity index (χ2v) is 1.87. The molecule has 0 aliphatic rings. The Labute approximate surface area is 59.5 Å². The number of halogens is 1. The average Bonchev–Trinajstić information content (AvgIpc) is 1.41. The van der Waals surface area contributed by atoms with E-state index in [1.54, 1.807) is 0 Å². The first-order valence-corrected chi connectivity index (χ1v) is 3.57. The van der Waals surface area contributed by atoms with Crippen LogP contribution in [0.3, 0.4) is 0 Å². The monoisotopic (exact) mass is 199 g/mol. The number of rotatable bonds is 1. The summed E-state index contributed by atoms with van der Waals surface area (Å²) in [5, 5.41) is 0. The van der Waals surface area contributed by atoms with Gasteiger partial charge in [0.25, 0.3) is 0 Å². The maximum atomic E-state index is 2.18. The Kier molecular flexibility index (Phi) is 15.4. The van der Waals surface area contributed by atoms with Crippen molar-refractivity contribution >= 4 is 17.0 Å². The summed E-state index contributed by atoms with van der Waals surface area (Å²) in [5.41, 5.74) is 0. The van der Waals surface area contributed by atoms with Gasteiger partial charge < -0.3 is 0 Å². The van der Waals surface area contributed by atoms with Crippen LogP contribution in [0.25, 0.3) is 0 Å². The Morgan fingerprint density at radius 2 is 2.17 bits per heavy atom. The van der Waals surface area contributed by atoms with Crippen molar-refractivity contribution < 1.29 is 18.3 Å². The fourth-order valence-corrected chi connectivity index (χ4v) is 0.866. The van der Waals surface area contributed by atoms with Crippen molar-refractivity contribution in [1.82, 2.24) is 0 Å². The molecule has 0 rings (SSSR count). The topological polar surface area (TPSA) is 0 Å². The summed E-state index contributed by atoms with van der Waals surface area (Å²) in [6.45, 7) is 2.14. The quantitative estimate of drug-likeness (QED) is 0.570. The fraction of sp³-hybridized carbons (Fsp3) is 0.500. The summed E-state index contributed by atoms with van der Waals surface area (Å²) in [6, 6.07) is 0. The average molecular weight is 201 g/mol. The van der Waals surface area contributed by atoms with Gasteiger partial charge in [-0.2, -0.15) is 0 Å². The van der Waals surface area contributed by atoms with Crippen LogP contribution < -0.4 is 0 Å². The van der Waals surface area contributed by atoms with Crippen LogP contribution in [0.2, 0.25) is 0 Å². The van der Waals surface area contributed by atoms with Gasteiger partial charge in [0, 0.05) is 0 Å². The molecule has 0 aliphatic carbocycles. The molecule has 0 nitrogen and oxygen atoms in total. The molecular weight excluding hydrogens is 193 g/mol. The first-order valence-electron chi connectivity index (χ1n) is 1.86. The molecule has 0 heterocycles. The predicted octanol–water partition coefficient (Wildman–Crippen LogP) is 2.03. The van der Waals surface area contributed by atoms with Crippen LogP contribution in [0.5, 0.6) is 0 Å². The van der Waals surface area contributed by atoms with Crippen LogP contribution in [0.1, 0.15) is 13.3 Å². The van der Waals surface area contributed by atoms with E-state index in [2.05, 4.69) is 17.7 Å². The molecule has 0 atom stereocenters. The summed E-state index contributed by atoms with van der Waals surface area (Å²) in [6.07, 6.45) is 3.38. The Morgan fingerprint density at radius 3 is 2.17 bits per heavy atom. The van der Waals surface area contributed by atoms with E-state index < -0.39 is 0 Å². The Balaban J connectivity index is 0. The molecule has 0 aromatic heterocycles. The van der Waals surface area contributed by atoms with E-state index in [4.69, 9.17) is 0 Å². The molecule has 0 saturated carbocycles. The second kappa shape index (κ2) is 9.28. The minimum absolute atomic E-state index is 0. The van der Waals surface area contributed by atoms with Crippen LogP contribution in [0, 0.1) is 0 Å². The molecule has 0 aliphatic heterocycles. The molecule has 2 heteroatoms. The molecule has 0 fully saturated rings. The summed E-state index contributed by atoms with van der Waals surface area (Å²) in [4.78, 5) is 0. The molecule has 0 aromatic rings. The molecule has 0 aromatic carbocycles. The molecule has 33 valence electrons. The Morgan fingerprint density at radius 1 is 1.67 bits per heavy atom. The summed E-state index contributed by atoms with van der Waals surface area (Å²) in [5.74, 6) is 0. The third-order valence-electron chi connectivity index (χ3n) is 0.402. The summed E-state index contributed by atoms with van der Waals surface area (Å²) >= 11 is 1.30. The molecule has 0 saturated heterocycles. The van der Waals surface area contributed by atoms with E-state index in [0.717, 1.165) is 0 Å². The second-order valence-electron chi connectivity index (χ2n) is 0.880. The van der Waals surface area contributed by atoms with Gasteiger partial charge in [0.05, 0.1) is 0 Å². The van der Waals surface area contributed by atoms with Crippen LogP contribution in [-0.2, 0) is 18.3 Å². The van der Waals surface area contributed by atoms with Crippen molar-refractivity contribution in [3.63, 3.8) is 0 Å². The van der Waals surface area contributed by atoms with Gasteiger partial charge >= 0.3 is 42.4 Å². The van der Waals surface area contributed by atoms with E-state index in [-0.39, 0.29) is 17.0 Å². The molecule has 0 spiro atoms. The van der Waals surface area contributed by atoms with E-state index in [1.165, 1.54) is 24.7 Å². The zero-order valence-corrected chi connectivity index (χ0v) is 8.66. The number of hydrogen-bond donors (Lipinski definition) is 0. The van der Waals surface area contributed by atoms with Gasteiger partial charge in [-0.1, -0.05) is 0 Å². The van der Waals surface area contributed by atoms with Gasteiger partial charge in [-0.3, -0.25) is 0 Å². The molecule has 0 amide bonds. The van der Waals surface area contributed by atoms with Crippen molar-refractivity contribution in [3.8, 4) is 0 Å². The van der Waals surface area contributed by atoms with Crippen LogP contribution in [-0.4, -0.2) is 0 Å². The van der Waals surface area contributed by atoms with E-state index in [0.29, 0.717) is 0 Å². The maximum absolute atomic E-state index is 2.18. The predicted molar refractivity (Wildman–Crippen MR) is 29.8 cm³/mol. The van der Waals surface area contributed by atoms with Crippen molar-refractivity contribution in [2.75, 3.05) is 0 Å². The summed E-state index contributed by atoms with van der Waals surface area (Å²) in [7, 11) is 0. The molecule has 6 heavy (non-hydrogen) atoms. The standard InChI is InChI=1S/C4H7.BrH.Zn/c1-3-4-2;;/h1,3H,4H2,2H3;1H;. The normalized spacial score (nSPS) is 8.50. The van der Waals surface area contributed by atoms with Crippen LogP contribution in [0.4, 0.5) is 0 Å². The van der Waals surface area contributed by atoms with Crippen LogP contribution >= 0.6 is 17.0 Å². The van der Waals surface area contributed by atoms with Gasteiger partial charge in [0.15, 0.2) is 0 Å². The van der Waals surface area contributed by atoms with Crippen LogP contribution in [0.15, 0.2) is 10.7 Å². The number of hydrogen-bond acceptors (Lipinski definition) is 0. The molecule has 0 unspecified atom stereocenters. The molecule has 0 radical (unpaired) electrons. The minimum atomic E-state index is 0. The van der Waals surface area contributed by atoms with Gasteiger partial charge in [0.1, 0.15) is 0 Å². The van der Waals surface area contributed by atoms with Crippen molar-refractivity contribution in [3.05, 3.63) is 10.7 Å². The molecular formula is C4H8BrZn.